The molecule has 2 fully saturated rings. The fraction of sp³-hybridized carbons (Fsp3) is 0.741. The minimum Gasteiger partial charge on any atom is -0.497 e. The summed E-state index contributed by atoms with van der Waals surface area (Å²) in [5, 5.41) is 11.7. The van der Waals surface area contributed by atoms with E-state index in [-0.39, 0.29) is 36.1 Å². The topological polar surface area (TPSA) is 83.5 Å². The number of Topliss-reactive ketones (excluding diaryl/α,β-unsaturated/α-hetero) is 1. The summed E-state index contributed by atoms with van der Waals surface area (Å²) in [5.74, 6) is 0.681. The van der Waals surface area contributed by atoms with E-state index in [9.17, 15) is 9.90 Å². The Morgan fingerprint density at radius 2 is 1.71 bits per heavy atom. The average Bonchev–Trinajstić information content (AvgIpc) is 2.81. The minimum absolute atomic E-state index is 0.0549. The molecule has 192 valence electrons. The lowest BCUT2D eigenvalue weighted by atomic mass is 9.52. The van der Waals surface area contributed by atoms with Crippen molar-refractivity contribution < 1.29 is 33.6 Å². The van der Waals surface area contributed by atoms with E-state index in [2.05, 4.69) is 13.8 Å². The summed E-state index contributed by atoms with van der Waals surface area (Å²) < 4.78 is 29.0. The summed E-state index contributed by atoms with van der Waals surface area (Å²) in [6.07, 6.45) is 1.47. The third-order valence-corrected chi connectivity index (χ3v) is 8.10. The smallest absolute Gasteiger partial charge is 0.164 e. The second kappa shape index (κ2) is 11.0. The predicted octanol–water partition coefficient (Wildman–Crippen LogP) is 4.14. The number of carbonyl (C=O) groups excluding carboxylic acids is 1. The van der Waals surface area contributed by atoms with E-state index in [1.54, 1.807) is 14.2 Å². The molecule has 4 atom stereocenters. The standard InChI is InChI=1S/C27H42O7/c1-25(2)13-14-27(29)22(28)12-11-21(26(27,3)4)23(24(25)34-18-32-16-15-30-5)33-17-19-7-9-20(31-6)10-8-19/h7-10,21,23-24,29H,11-18H2,1-6H3/t21-,23-,24-,27+/m1/s1. The van der Waals surface area contributed by atoms with Crippen molar-refractivity contribution >= 4 is 5.78 Å². The zero-order valence-electron chi connectivity index (χ0n) is 21.6. The van der Waals surface area contributed by atoms with Crippen LogP contribution in [0.1, 0.15) is 58.9 Å². The van der Waals surface area contributed by atoms with Gasteiger partial charge in [0.25, 0.3) is 0 Å². The maximum absolute atomic E-state index is 13.0. The van der Waals surface area contributed by atoms with Gasteiger partial charge in [0.15, 0.2) is 5.78 Å². The third kappa shape index (κ3) is 5.49. The molecule has 34 heavy (non-hydrogen) atoms. The van der Waals surface area contributed by atoms with Crippen molar-refractivity contribution in [3.8, 4) is 5.75 Å². The van der Waals surface area contributed by atoms with E-state index >= 15 is 0 Å². The van der Waals surface area contributed by atoms with Crippen LogP contribution < -0.4 is 4.74 Å². The van der Waals surface area contributed by atoms with Crippen LogP contribution in [-0.4, -0.2) is 62.9 Å². The van der Waals surface area contributed by atoms with Crippen molar-refractivity contribution in [2.75, 3.05) is 34.2 Å². The number of hydrogen-bond acceptors (Lipinski definition) is 7. The molecule has 0 amide bonds. The van der Waals surface area contributed by atoms with E-state index in [0.717, 1.165) is 11.3 Å². The van der Waals surface area contributed by atoms with Gasteiger partial charge in [0.1, 0.15) is 18.1 Å². The molecule has 0 heterocycles. The summed E-state index contributed by atoms with van der Waals surface area (Å²) in [7, 11) is 3.28. The molecule has 1 N–H and O–H groups in total. The first kappa shape index (κ1) is 27.1. The number of hydrogen-bond donors (Lipinski definition) is 1. The van der Waals surface area contributed by atoms with Crippen LogP contribution in [0.15, 0.2) is 24.3 Å². The summed E-state index contributed by atoms with van der Waals surface area (Å²) in [6, 6.07) is 7.81. The van der Waals surface area contributed by atoms with E-state index in [1.165, 1.54) is 0 Å². The quantitative estimate of drug-likeness (QED) is 0.400. The molecule has 2 bridgehead atoms. The molecule has 0 unspecified atom stereocenters. The van der Waals surface area contributed by atoms with Gasteiger partial charge in [-0.2, -0.15) is 0 Å². The lowest BCUT2D eigenvalue weighted by Crippen LogP contribution is -2.65. The van der Waals surface area contributed by atoms with Crippen LogP contribution in [0, 0.1) is 16.7 Å². The third-order valence-electron chi connectivity index (χ3n) is 8.10. The van der Waals surface area contributed by atoms with Gasteiger partial charge in [0.05, 0.1) is 39.1 Å². The molecule has 2 aliphatic rings. The minimum atomic E-state index is -1.37. The molecule has 2 saturated carbocycles. The summed E-state index contributed by atoms with van der Waals surface area (Å²) in [4.78, 5) is 13.0. The van der Waals surface area contributed by atoms with Gasteiger partial charge in [0.2, 0.25) is 0 Å². The Hall–Kier alpha value is -1.51. The number of rotatable bonds is 10. The Labute approximate surface area is 204 Å². The molecule has 3 rings (SSSR count). The SMILES string of the molecule is COCCOCO[C@@H]1[C@H](OCc2ccc(OC)cc2)[C@H]2CCC(=O)[C@@](O)(CCC1(C)C)C2(C)C. The highest BCUT2D eigenvalue weighted by Gasteiger charge is 2.61. The lowest BCUT2D eigenvalue weighted by Gasteiger charge is -2.57. The van der Waals surface area contributed by atoms with Crippen LogP contribution in [0.3, 0.4) is 0 Å². The average molecular weight is 479 g/mol. The predicted molar refractivity (Wildman–Crippen MR) is 129 cm³/mol. The highest BCUT2D eigenvalue weighted by molar-refractivity contribution is 5.89. The van der Waals surface area contributed by atoms with E-state index in [4.69, 9.17) is 23.7 Å². The Kier molecular flexibility index (Phi) is 8.80. The van der Waals surface area contributed by atoms with Gasteiger partial charge in [0, 0.05) is 18.9 Å². The van der Waals surface area contributed by atoms with Crippen molar-refractivity contribution in [1.82, 2.24) is 0 Å². The van der Waals surface area contributed by atoms with Gasteiger partial charge in [-0.15, -0.1) is 0 Å². The van der Waals surface area contributed by atoms with E-state index in [0.29, 0.717) is 45.5 Å². The first-order valence-corrected chi connectivity index (χ1v) is 12.3. The second-order valence-corrected chi connectivity index (χ2v) is 10.9. The van der Waals surface area contributed by atoms with E-state index in [1.807, 2.05) is 38.1 Å². The van der Waals surface area contributed by atoms with Crippen molar-refractivity contribution in [1.29, 1.82) is 0 Å². The maximum atomic E-state index is 13.0. The maximum Gasteiger partial charge on any atom is 0.164 e. The van der Waals surface area contributed by atoms with Gasteiger partial charge in [-0.3, -0.25) is 4.79 Å². The molecule has 0 saturated heterocycles. The van der Waals surface area contributed by atoms with Crippen LogP contribution in [0.4, 0.5) is 0 Å². The number of aliphatic hydroxyl groups is 1. The number of ether oxygens (including phenoxy) is 5. The molecule has 0 aromatic heterocycles. The molecule has 2 aliphatic carbocycles. The van der Waals surface area contributed by atoms with Crippen LogP contribution in [0.2, 0.25) is 0 Å². The lowest BCUT2D eigenvalue weighted by molar-refractivity contribution is -0.238. The van der Waals surface area contributed by atoms with Gasteiger partial charge < -0.3 is 28.8 Å². The van der Waals surface area contributed by atoms with Gasteiger partial charge >= 0.3 is 0 Å². The molecule has 0 aliphatic heterocycles. The largest absolute Gasteiger partial charge is 0.497 e. The Bertz CT molecular complexity index is 804. The number of methoxy groups -OCH3 is 2. The molecule has 1 aromatic carbocycles. The number of benzene rings is 1. The van der Waals surface area contributed by atoms with Crippen LogP contribution >= 0.6 is 0 Å². The van der Waals surface area contributed by atoms with Crippen molar-refractivity contribution in [2.45, 2.75) is 77.8 Å². The zero-order valence-corrected chi connectivity index (χ0v) is 21.6. The number of ketones is 1. The van der Waals surface area contributed by atoms with Crippen LogP contribution in [0.5, 0.6) is 5.75 Å². The summed E-state index contributed by atoms with van der Waals surface area (Å²) in [5.41, 5.74) is -1.33. The van der Waals surface area contributed by atoms with E-state index < -0.39 is 11.0 Å². The normalized spacial score (nSPS) is 30.4. The molecule has 1 aromatic rings. The van der Waals surface area contributed by atoms with Crippen molar-refractivity contribution in [3.63, 3.8) is 0 Å². The fourth-order valence-corrected chi connectivity index (χ4v) is 5.62. The molecule has 7 heteroatoms. The number of carbonyl (C=O) groups is 1. The number of fused-ring (bicyclic) bond motifs is 2. The summed E-state index contributed by atoms with van der Waals surface area (Å²) >= 11 is 0. The molecule has 7 nitrogen and oxygen atoms in total. The Balaban J connectivity index is 1.90. The molecule has 0 spiro atoms. The zero-order chi connectivity index (χ0) is 25.0. The van der Waals surface area contributed by atoms with Crippen molar-refractivity contribution in [3.05, 3.63) is 29.8 Å². The van der Waals surface area contributed by atoms with Gasteiger partial charge in [-0.1, -0.05) is 39.8 Å². The Morgan fingerprint density at radius 3 is 2.35 bits per heavy atom. The highest BCUT2D eigenvalue weighted by Crippen LogP contribution is 2.55. The first-order chi connectivity index (χ1) is 16.1. The van der Waals surface area contributed by atoms with Gasteiger partial charge in [-0.25, -0.2) is 0 Å². The molecule has 0 radical (unpaired) electrons. The molecular formula is C27H42O7. The first-order valence-electron chi connectivity index (χ1n) is 12.3. The highest BCUT2D eigenvalue weighted by atomic mass is 16.7. The fourth-order valence-electron chi connectivity index (χ4n) is 5.62. The Morgan fingerprint density at radius 1 is 1.00 bits per heavy atom. The van der Waals surface area contributed by atoms with Crippen molar-refractivity contribution in [2.24, 2.45) is 16.7 Å². The summed E-state index contributed by atoms with van der Waals surface area (Å²) in [6.45, 7) is 9.73. The monoisotopic (exact) mass is 478 g/mol. The van der Waals surface area contributed by atoms with Crippen LogP contribution in [0.25, 0.3) is 0 Å². The second-order valence-electron chi connectivity index (χ2n) is 10.9. The molecular weight excluding hydrogens is 436 g/mol. The van der Waals surface area contributed by atoms with Gasteiger partial charge in [-0.05, 0) is 48.3 Å². The van der Waals surface area contributed by atoms with Crippen LogP contribution in [-0.2, 0) is 30.3 Å².